The Hall–Kier alpha value is -0.350. The minimum absolute atomic E-state index is 0. The number of rotatable bonds is 19. The summed E-state index contributed by atoms with van der Waals surface area (Å²) >= 11 is 0. The lowest BCUT2D eigenvalue weighted by Crippen LogP contribution is -2.25. The Kier molecular flexibility index (Phi) is 23.5. The van der Waals surface area contributed by atoms with Crippen LogP contribution < -0.4 is 0 Å². The summed E-state index contributed by atoms with van der Waals surface area (Å²) in [6.07, 6.45) is 19.5. The molecule has 0 rings (SSSR count). The summed E-state index contributed by atoms with van der Waals surface area (Å²) in [7, 11) is 2.09. The zero-order valence-corrected chi connectivity index (χ0v) is 20.1. The number of carbonyl (C=O) groups is 1. The molecule has 0 aliphatic carbocycles. The monoisotopic (exact) mass is 447 g/mol. The van der Waals surface area contributed by atoms with Crippen molar-refractivity contribution in [3.05, 3.63) is 12.2 Å². The Morgan fingerprint density at radius 2 is 1.19 bits per heavy atom. The molecule has 0 aromatic heterocycles. The van der Waals surface area contributed by atoms with Crippen molar-refractivity contribution in [2.45, 2.75) is 104 Å². The second kappa shape index (κ2) is 21.9. The highest BCUT2D eigenvalue weighted by Gasteiger charge is 2.04. The largest absolute Gasteiger partial charge is 0.461 e. The summed E-state index contributed by atoms with van der Waals surface area (Å²) in [5.74, 6) is -0.283. The van der Waals surface area contributed by atoms with Gasteiger partial charge >= 0.3 is 5.97 Å². The van der Waals surface area contributed by atoms with Crippen LogP contribution in [-0.2, 0) is 9.53 Å². The molecule has 0 aliphatic rings. The molecule has 0 atom stereocenters. The summed E-state index contributed by atoms with van der Waals surface area (Å²) in [5.41, 5.74) is 0.472. The van der Waals surface area contributed by atoms with Crippen molar-refractivity contribution >= 4 is 23.0 Å². The molecular weight excluding hydrogens is 402 g/mol. The van der Waals surface area contributed by atoms with Crippen molar-refractivity contribution in [1.82, 2.24) is 4.90 Å². The molecule has 0 heterocycles. The lowest BCUT2D eigenvalue weighted by atomic mass is 10.0. The molecule has 3 nitrogen and oxygen atoms in total. The van der Waals surface area contributed by atoms with Gasteiger partial charge in [-0.3, -0.25) is 0 Å². The molecule has 0 spiro atoms. The third kappa shape index (κ3) is 21.8. The molecular formula is C23H46BrNO2. The van der Waals surface area contributed by atoms with Gasteiger partial charge in [-0.1, -0.05) is 97.0 Å². The molecule has 0 radical (unpaired) electrons. The van der Waals surface area contributed by atoms with Crippen LogP contribution in [0.5, 0.6) is 0 Å². The molecule has 0 aromatic rings. The normalized spacial score (nSPS) is 10.7. The first-order valence-corrected chi connectivity index (χ1v) is 11.1. The van der Waals surface area contributed by atoms with Gasteiger partial charge < -0.3 is 9.64 Å². The van der Waals surface area contributed by atoms with Gasteiger partial charge in [0.2, 0.25) is 0 Å². The van der Waals surface area contributed by atoms with Crippen molar-refractivity contribution in [3.63, 3.8) is 0 Å². The first-order valence-electron chi connectivity index (χ1n) is 11.1. The van der Waals surface area contributed by atoms with Crippen LogP contribution in [-0.4, -0.2) is 37.6 Å². The minimum atomic E-state index is -0.283. The van der Waals surface area contributed by atoms with E-state index in [4.69, 9.17) is 4.74 Å². The van der Waals surface area contributed by atoms with E-state index in [1.54, 1.807) is 6.92 Å². The highest BCUT2D eigenvalue weighted by Crippen LogP contribution is 2.13. The molecule has 0 aromatic carbocycles. The fourth-order valence-electron chi connectivity index (χ4n) is 3.11. The van der Waals surface area contributed by atoms with Gasteiger partial charge in [0.05, 0.1) is 0 Å². The Labute approximate surface area is 180 Å². The third-order valence-corrected chi connectivity index (χ3v) is 4.95. The molecule has 0 N–H and O–H groups in total. The highest BCUT2D eigenvalue weighted by atomic mass is 79.9. The van der Waals surface area contributed by atoms with Gasteiger partial charge in [0.1, 0.15) is 6.61 Å². The van der Waals surface area contributed by atoms with Crippen LogP contribution in [0.1, 0.15) is 104 Å². The molecule has 0 aliphatic heterocycles. The Morgan fingerprint density at radius 3 is 1.59 bits per heavy atom. The van der Waals surface area contributed by atoms with Crippen LogP contribution in [0.25, 0.3) is 0 Å². The molecule has 0 saturated heterocycles. The number of hydrogen-bond donors (Lipinski definition) is 0. The number of carbonyl (C=O) groups excluding carboxylic acids is 1. The smallest absolute Gasteiger partial charge is 0.333 e. The molecule has 0 amide bonds. The Morgan fingerprint density at radius 1 is 0.778 bits per heavy atom. The first-order chi connectivity index (χ1) is 12.6. The lowest BCUT2D eigenvalue weighted by Gasteiger charge is -2.16. The predicted octanol–water partition coefficient (Wildman–Crippen LogP) is 7.10. The average Bonchev–Trinajstić information content (AvgIpc) is 2.61. The van der Waals surface area contributed by atoms with Gasteiger partial charge in [-0.2, -0.15) is 0 Å². The fourth-order valence-corrected chi connectivity index (χ4v) is 3.11. The first kappa shape index (κ1) is 28.9. The minimum Gasteiger partial charge on any atom is -0.461 e. The topological polar surface area (TPSA) is 29.5 Å². The number of unbranched alkanes of at least 4 members (excludes halogenated alkanes) is 13. The summed E-state index contributed by atoms with van der Waals surface area (Å²) < 4.78 is 5.12. The molecule has 0 saturated carbocycles. The highest BCUT2D eigenvalue weighted by molar-refractivity contribution is 8.93. The van der Waals surface area contributed by atoms with E-state index in [9.17, 15) is 4.79 Å². The number of likely N-dealkylation sites (N-methyl/N-ethyl adjacent to an activating group) is 1. The lowest BCUT2D eigenvalue weighted by molar-refractivity contribution is -0.139. The quantitative estimate of drug-likeness (QED) is 0.120. The molecule has 0 unspecified atom stereocenters. The van der Waals surface area contributed by atoms with E-state index >= 15 is 0 Å². The van der Waals surface area contributed by atoms with Crippen molar-refractivity contribution in [2.75, 3.05) is 26.7 Å². The summed E-state index contributed by atoms with van der Waals surface area (Å²) in [5, 5.41) is 0. The SMILES string of the molecule is Br.C=C(C)C(=O)OCCN(C)CCCCCCCCCCCCCCCC. The van der Waals surface area contributed by atoms with Gasteiger partial charge in [-0.25, -0.2) is 4.79 Å². The van der Waals surface area contributed by atoms with Gasteiger partial charge in [-0.05, 0) is 26.9 Å². The van der Waals surface area contributed by atoms with Crippen LogP contribution in [0.4, 0.5) is 0 Å². The van der Waals surface area contributed by atoms with E-state index < -0.39 is 0 Å². The van der Waals surface area contributed by atoms with Crippen LogP contribution in [0.2, 0.25) is 0 Å². The fraction of sp³-hybridized carbons (Fsp3) is 0.870. The maximum Gasteiger partial charge on any atom is 0.333 e. The number of ether oxygens (including phenoxy) is 1. The molecule has 4 heteroatoms. The van der Waals surface area contributed by atoms with Gasteiger partial charge in [-0.15, -0.1) is 17.0 Å². The number of nitrogens with zero attached hydrogens (tertiary/aromatic N) is 1. The Balaban J connectivity index is 0. The van der Waals surface area contributed by atoms with Gasteiger partial charge in [0.15, 0.2) is 0 Å². The van der Waals surface area contributed by atoms with Crippen LogP contribution in [0, 0.1) is 0 Å². The van der Waals surface area contributed by atoms with Crippen LogP contribution in [0.15, 0.2) is 12.2 Å². The second-order valence-corrected chi connectivity index (χ2v) is 7.82. The van der Waals surface area contributed by atoms with E-state index in [0.29, 0.717) is 12.2 Å². The second-order valence-electron chi connectivity index (χ2n) is 7.82. The Bertz CT molecular complexity index is 347. The van der Waals surface area contributed by atoms with Crippen LogP contribution in [0.3, 0.4) is 0 Å². The number of esters is 1. The summed E-state index contributed by atoms with van der Waals surface area (Å²) in [6.45, 7) is 9.89. The van der Waals surface area contributed by atoms with E-state index in [1.807, 2.05) is 0 Å². The van der Waals surface area contributed by atoms with E-state index in [0.717, 1.165) is 13.1 Å². The van der Waals surface area contributed by atoms with Gasteiger partial charge in [0, 0.05) is 12.1 Å². The molecule has 0 fully saturated rings. The molecule has 162 valence electrons. The van der Waals surface area contributed by atoms with Crippen molar-refractivity contribution in [1.29, 1.82) is 0 Å². The summed E-state index contributed by atoms with van der Waals surface area (Å²) in [6, 6.07) is 0. The maximum atomic E-state index is 11.3. The van der Waals surface area contributed by atoms with Crippen molar-refractivity contribution in [2.24, 2.45) is 0 Å². The maximum absolute atomic E-state index is 11.3. The van der Waals surface area contributed by atoms with Crippen molar-refractivity contribution in [3.8, 4) is 0 Å². The van der Waals surface area contributed by atoms with Crippen molar-refractivity contribution < 1.29 is 9.53 Å². The average molecular weight is 449 g/mol. The molecule has 0 bridgehead atoms. The van der Waals surface area contributed by atoms with E-state index in [2.05, 4.69) is 25.5 Å². The summed E-state index contributed by atoms with van der Waals surface area (Å²) in [4.78, 5) is 13.5. The molecule has 27 heavy (non-hydrogen) atoms. The van der Waals surface area contributed by atoms with E-state index in [-0.39, 0.29) is 23.0 Å². The zero-order valence-electron chi connectivity index (χ0n) is 18.4. The van der Waals surface area contributed by atoms with Gasteiger partial charge in [0.25, 0.3) is 0 Å². The zero-order chi connectivity index (χ0) is 19.5. The number of hydrogen-bond acceptors (Lipinski definition) is 3. The standard InChI is InChI=1S/C23H45NO2.BrH/c1-5-6-7-8-9-10-11-12-13-14-15-16-17-18-19-24(4)20-21-26-23(25)22(2)3;/h2,5-21H2,1,3-4H3;1H. The number of halogens is 1. The predicted molar refractivity (Wildman–Crippen MR) is 124 cm³/mol. The van der Waals surface area contributed by atoms with E-state index in [1.165, 1.54) is 89.9 Å². The van der Waals surface area contributed by atoms with Crippen LogP contribution >= 0.6 is 17.0 Å². The third-order valence-electron chi connectivity index (χ3n) is 4.95.